The smallest absolute Gasteiger partial charge is 0.0643 e. The average molecular weight is 265 g/mol. The minimum Gasteiger partial charge on any atom is -0.378 e. The summed E-state index contributed by atoms with van der Waals surface area (Å²) in [6.07, 6.45) is 1.08. The molecule has 3 rings (SSSR count). The Morgan fingerprint density at radius 1 is 1.24 bits per heavy atom. The molecule has 1 saturated heterocycles. The fraction of sp³-hybridized carbons (Fsp3) is 0.385. The van der Waals surface area contributed by atoms with E-state index in [9.17, 15) is 0 Å². The van der Waals surface area contributed by atoms with Gasteiger partial charge in [0.2, 0.25) is 0 Å². The molecule has 1 fully saturated rings. The monoisotopic (exact) mass is 265 g/mol. The summed E-state index contributed by atoms with van der Waals surface area (Å²) in [5.41, 5.74) is 0. The molecule has 2 nitrogen and oxygen atoms in total. The molecule has 0 aliphatic carbocycles. The van der Waals surface area contributed by atoms with Crippen molar-refractivity contribution in [1.29, 1.82) is 0 Å². The molecule has 0 spiro atoms. The van der Waals surface area contributed by atoms with E-state index in [2.05, 4.69) is 40.3 Å². The largest absolute Gasteiger partial charge is 0.378 e. The minimum atomic E-state index is 0.433. The van der Waals surface area contributed by atoms with Gasteiger partial charge in [0.15, 0.2) is 0 Å². The van der Waals surface area contributed by atoms with Gasteiger partial charge in [-0.05, 0) is 22.9 Å². The molecule has 0 saturated carbocycles. The van der Waals surface area contributed by atoms with Crippen LogP contribution in [0.2, 0.25) is 0 Å². The molecule has 1 aliphatic heterocycles. The van der Waals surface area contributed by atoms with Crippen LogP contribution in [-0.2, 0) is 11.2 Å². The standard InChI is InChI=1S/C13H15NOS2/c1-3-11(16-5-1)7-12(13-4-2-6-17-13)14-10-8-15-9-10/h1-6,10,12,14H,7-9H2. The summed E-state index contributed by atoms with van der Waals surface area (Å²) >= 11 is 3.67. The Morgan fingerprint density at radius 2 is 2.06 bits per heavy atom. The van der Waals surface area contributed by atoms with Crippen LogP contribution in [0.15, 0.2) is 35.0 Å². The first-order valence-electron chi connectivity index (χ1n) is 5.81. The van der Waals surface area contributed by atoms with E-state index in [1.165, 1.54) is 9.75 Å². The summed E-state index contributed by atoms with van der Waals surface area (Å²) in [7, 11) is 0. The summed E-state index contributed by atoms with van der Waals surface area (Å²) in [6, 6.07) is 9.64. The second-order valence-corrected chi connectivity index (χ2v) is 6.26. The zero-order valence-corrected chi connectivity index (χ0v) is 11.1. The third-order valence-corrected chi connectivity index (χ3v) is 4.83. The minimum absolute atomic E-state index is 0.433. The summed E-state index contributed by atoms with van der Waals surface area (Å²) in [6.45, 7) is 1.71. The molecule has 0 radical (unpaired) electrons. The maximum atomic E-state index is 5.23. The molecule has 2 aromatic heterocycles. The van der Waals surface area contributed by atoms with Crippen LogP contribution in [-0.4, -0.2) is 19.3 Å². The highest BCUT2D eigenvalue weighted by atomic mass is 32.1. The normalized spacial score (nSPS) is 17.9. The van der Waals surface area contributed by atoms with Gasteiger partial charge in [0, 0.05) is 22.2 Å². The molecule has 1 aliphatic rings. The third-order valence-electron chi connectivity index (χ3n) is 2.95. The summed E-state index contributed by atoms with van der Waals surface area (Å²) in [4.78, 5) is 2.86. The summed E-state index contributed by atoms with van der Waals surface area (Å²) in [5.74, 6) is 0. The molecule has 0 bridgehead atoms. The number of hydrogen-bond acceptors (Lipinski definition) is 4. The van der Waals surface area contributed by atoms with Crippen LogP contribution in [0.3, 0.4) is 0 Å². The fourth-order valence-corrected chi connectivity index (χ4v) is 3.52. The lowest BCUT2D eigenvalue weighted by Crippen LogP contribution is -2.47. The maximum absolute atomic E-state index is 5.23. The summed E-state index contributed by atoms with van der Waals surface area (Å²) < 4.78 is 5.23. The molecule has 2 aromatic rings. The van der Waals surface area contributed by atoms with Crippen LogP contribution in [0.25, 0.3) is 0 Å². The predicted octanol–water partition coefficient (Wildman–Crippen LogP) is 3.08. The van der Waals surface area contributed by atoms with Crippen molar-refractivity contribution in [2.24, 2.45) is 0 Å². The summed E-state index contributed by atoms with van der Waals surface area (Å²) in [5, 5.41) is 7.98. The fourth-order valence-electron chi connectivity index (χ4n) is 1.98. The van der Waals surface area contributed by atoms with E-state index in [0.717, 1.165) is 19.6 Å². The Kier molecular flexibility index (Phi) is 3.57. The lowest BCUT2D eigenvalue weighted by molar-refractivity contribution is -0.00993. The molecule has 17 heavy (non-hydrogen) atoms. The molecular weight excluding hydrogens is 250 g/mol. The molecule has 0 aromatic carbocycles. The van der Waals surface area contributed by atoms with Gasteiger partial charge >= 0.3 is 0 Å². The van der Waals surface area contributed by atoms with Crippen LogP contribution in [0.1, 0.15) is 15.8 Å². The second-order valence-electron chi connectivity index (χ2n) is 4.25. The Balaban J connectivity index is 1.71. The number of nitrogens with one attached hydrogen (secondary N) is 1. The zero-order chi connectivity index (χ0) is 11.5. The van der Waals surface area contributed by atoms with E-state index in [-0.39, 0.29) is 0 Å². The van der Waals surface area contributed by atoms with Crippen molar-refractivity contribution in [3.05, 3.63) is 44.8 Å². The number of thiophene rings is 2. The quantitative estimate of drug-likeness (QED) is 0.897. The van der Waals surface area contributed by atoms with Gasteiger partial charge in [-0.1, -0.05) is 12.1 Å². The van der Waals surface area contributed by atoms with E-state index >= 15 is 0 Å². The van der Waals surface area contributed by atoms with Crippen molar-refractivity contribution in [1.82, 2.24) is 5.32 Å². The van der Waals surface area contributed by atoms with Crippen molar-refractivity contribution in [3.8, 4) is 0 Å². The van der Waals surface area contributed by atoms with Gasteiger partial charge < -0.3 is 10.1 Å². The Hall–Kier alpha value is -0.680. The van der Waals surface area contributed by atoms with Gasteiger partial charge in [-0.2, -0.15) is 0 Å². The predicted molar refractivity (Wildman–Crippen MR) is 72.8 cm³/mol. The van der Waals surface area contributed by atoms with Crippen molar-refractivity contribution in [3.63, 3.8) is 0 Å². The van der Waals surface area contributed by atoms with Gasteiger partial charge in [0.25, 0.3) is 0 Å². The highest BCUT2D eigenvalue weighted by Crippen LogP contribution is 2.26. The van der Waals surface area contributed by atoms with Crippen molar-refractivity contribution < 1.29 is 4.74 Å². The van der Waals surface area contributed by atoms with Crippen LogP contribution in [0, 0.1) is 0 Å². The molecule has 0 amide bonds. The van der Waals surface area contributed by atoms with Crippen molar-refractivity contribution in [2.45, 2.75) is 18.5 Å². The molecule has 90 valence electrons. The maximum Gasteiger partial charge on any atom is 0.0643 e. The van der Waals surface area contributed by atoms with Gasteiger partial charge in [-0.3, -0.25) is 0 Å². The topological polar surface area (TPSA) is 21.3 Å². The lowest BCUT2D eigenvalue weighted by atomic mass is 10.1. The first-order valence-corrected chi connectivity index (χ1v) is 7.57. The van der Waals surface area contributed by atoms with Gasteiger partial charge in [-0.25, -0.2) is 0 Å². The second kappa shape index (κ2) is 5.31. The van der Waals surface area contributed by atoms with E-state index < -0.39 is 0 Å². The molecule has 1 unspecified atom stereocenters. The molecule has 4 heteroatoms. The highest BCUT2D eigenvalue weighted by molar-refractivity contribution is 7.10. The molecule has 1 N–H and O–H groups in total. The third kappa shape index (κ3) is 2.77. The van der Waals surface area contributed by atoms with Crippen LogP contribution in [0.4, 0.5) is 0 Å². The van der Waals surface area contributed by atoms with Gasteiger partial charge in [0.05, 0.1) is 19.3 Å². The highest BCUT2D eigenvalue weighted by Gasteiger charge is 2.23. The van der Waals surface area contributed by atoms with Gasteiger partial charge in [-0.15, -0.1) is 22.7 Å². The van der Waals surface area contributed by atoms with Crippen LogP contribution in [0.5, 0.6) is 0 Å². The van der Waals surface area contributed by atoms with Crippen LogP contribution < -0.4 is 5.32 Å². The lowest BCUT2D eigenvalue weighted by Gasteiger charge is -2.31. The number of rotatable bonds is 5. The molecule has 3 heterocycles. The Bertz CT molecular complexity index is 434. The van der Waals surface area contributed by atoms with Crippen molar-refractivity contribution in [2.75, 3.05) is 13.2 Å². The van der Waals surface area contributed by atoms with E-state index in [1.54, 1.807) is 0 Å². The molecule has 1 atom stereocenters. The van der Waals surface area contributed by atoms with E-state index in [0.29, 0.717) is 12.1 Å². The number of hydrogen-bond donors (Lipinski definition) is 1. The van der Waals surface area contributed by atoms with Gasteiger partial charge in [0.1, 0.15) is 0 Å². The zero-order valence-electron chi connectivity index (χ0n) is 9.46. The van der Waals surface area contributed by atoms with Crippen molar-refractivity contribution >= 4 is 22.7 Å². The average Bonchev–Trinajstić information content (AvgIpc) is 2.93. The number of ether oxygens (including phenoxy) is 1. The Morgan fingerprint density at radius 3 is 2.65 bits per heavy atom. The van der Waals surface area contributed by atoms with E-state index in [4.69, 9.17) is 4.74 Å². The molecular formula is C13H15NOS2. The first-order chi connectivity index (χ1) is 8.42. The SMILES string of the molecule is c1csc(CC(NC2COC2)c2cccs2)c1. The van der Waals surface area contributed by atoms with E-state index in [1.807, 2.05) is 22.7 Å². The first kappa shape index (κ1) is 11.4. The van der Waals surface area contributed by atoms with Crippen LogP contribution >= 0.6 is 22.7 Å². The Labute approximate surface area is 109 Å².